The first kappa shape index (κ1) is 19.9. The predicted molar refractivity (Wildman–Crippen MR) is 109 cm³/mol. The van der Waals surface area contributed by atoms with Crippen LogP contribution in [0.25, 0.3) is 0 Å². The van der Waals surface area contributed by atoms with Gasteiger partial charge >= 0.3 is 0 Å². The van der Waals surface area contributed by atoms with Crippen molar-refractivity contribution in [3.05, 3.63) is 59.7 Å². The molecule has 146 valence electrons. The van der Waals surface area contributed by atoms with Gasteiger partial charge in [-0.2, -0.15) is 4.39 Å². The summed E-state index contributed by atoms with van der Waals surface area (Å²) >= 11 is 0. The van der Waals surface area contributed by atoms with Crippen molar-refractivity contribution in [1.82, 2.24) is 4.98 Å². The fraction of sp³-hybridized carbons (Fsp3) is 0.542. The topological polar surface area (TPSA) is 22.1 Å². The van der Waals surface area contributed by atoms with Gasteiger partial charge in [-0.05, 0) is 86.1 Å². The number of aromatic nitrogens is 1. The van der Waals surface area contributed by atoms with Crippen molar-refractivity contribution in [2.24, 2.45) is 5.92 Å². The number of ether oxygens (including phenoxy) is 1. The second kappa shape index (κ2) is 10.4. The van der Waals surface area contributed by atoms with E-state index in [0.717, 1.165) is 36.7 Å². The predicted octanol–water partition coefficient (Wildman–Crippen LogP) is 6.70. The van der Waals surface area contributed by atoms with E-state index in [1.807, 2.05) is 6.07 Å². The number of hydrogen-bond donors (Lipinski definition) is 0. The number of hydrogen-bond acceptors (Lipinski definition) is 2. The van der Waals surface area contributed by atoms with Gasteiger partial charge in [-0.15, -0.1) is 0 Å². The summed E-state index contributed by atoms with van der Waals surface area (Å²) in [7, 11) is 0. The van der Waals surface area contributed by atoms with E-state index in [4.69, 9.17) is 4.74 Å². The molecule has 0 atom stereocenters. The average Bonchev–Trinajstić information content (AvgIpc) is 2.72. The molecular formula is C24H32FNO. The van der Waals surface area contributed by atoms with Crippen molar-refractivity contribution in [2.75, 3.05) is 6.61 Å². The van der Waals surface area contributed by atoms with Crippen molar-refractivity contribution in [3.63, 3.8) is 0 Å². The molecule has 0 spiro atoms. The van der Waals surface area contributed by atoms with Crippen LogP contribution >= 0.6 is 0 Å². The molecule has 1 saturated carbocycles. The van der Waals surface area contributed by atoms with Crippen LogP contribution in [0.5, 0.6) is 5.75 Å². The highest BCUT2D eigenvalue weighted by molar-refractivity contribution is 5.29. The molecular weight excluding hydrogens is 337 g/mol. The molecule has 1 aromatic carbocycles. The molecule has 1 fully saturated rings. The lowest BCUT2D eigenvalue weighted by molar-refractivity contribution is 0.303. The monoisotopic (exact) mass is 369 g/mol. The fourth-order valence-electron chi connectivity index (χ4n) is 4.09. The lowest BCUT2D eigenvalue weighted by atomic mass is 9.77. The first-order chi connectivity index (χ1) is 13.2. The van der Waals surface area contributed by atoms with Crippen LogP contribution in [0.4, 0.5) is 4.39 Å². The molecule has 0 aliphatic heterocycles. The molecule has 2 aromatic rings. The highest BCUT2D eigenvalue weighted by Gasteiger charge is 2.22. The van der Waals surface area contributed by atoms with E-state index in [0.29, 0.717) is 5.92 Å². The van der Waals surface area contributed by atoms with E-state index < -0.39 is 5.95 Å². The Balaban J connectivity index is 1.40. The summed E-state index contributed by atoms with van der Waals surface area (Å²) in [6.45, 7) is 3.03. The van der Waals surface area contributed by atoms with Gasteiger partial charge in [0, 0.05) is 6.20 Å². The molecule has 0 unspecified atom stereocenters. The molecule has 1 aliphatic carbocycles. The number of benzene rings is 1. The Morgan fingerprint density at radius 1 is 1.00 bits per heavy atom. The van der Waals surface area contributed by atoms with Gasteiger partial charge < -0.3 is 4.74 Å². The van der Waals surface area contributed by atoms with Gasteiger partial charge in [-0.25, -0.2) is 4.98 Å². The van der Waals surface area contributed by atoms with Gasteiger partial charge in [0.1, 0.15) is 5.75 Å². The number of unbranched alkanes of at least 4 members (excludes halogenated alkanes) is 2. The van der Waals surface area contributed by atoms with Crippen LogP contribution in [0.1, 0.15) is 75.3 Å². The molecule has 3 rings (SSSR count). The Labute approximate surface area is 163 Å². The molecule has 1 heterocycles. The average molecular weight is 370 g/mol. The number of halogens is 1. The second-order valence-electron chi connectivity index (χ2n) is 7.87. The minimum atomic E-state index is -0.392. The molecule has 1 aromatic heterocycles. The summed E-state index contributed by atoms with van der Waals surface area (Å²) in [5.41, 5.74) is 2.60. The fourth-order valence-corrected chi connectivity index (χ4v) is 4.09. The van der Waals surface area contributed by atoms with Crippen LogP contribution < -0.4 is 4.74 Å². The van der Waals surface area contributed by atoms with Gasteiger partial charge in [0.2, 0.25) is 5.95 Å². The number of rotatable bonds is 9. The van der Waals surface area contributed by atoms with Crippen molar-refractivity contribution in [1.29, 1.82) is 0 Å². The number of aryl methyl sites for hydroxylation is 1. The summed E-state index contributed by atoms with van der Waals surface area (Å²) in [6, 6.07) is 12.1. The first-order valence-electron chi connectivity index (χ1n) is 10.6. The molecule has 3 heteroatoms. The van der Waals surface area contributed by atoms with Crippen molar-refractivity contribution in [2.45, 2.75) is 70.6 Å². The minimum absolute atomic E-state index is 0.392. The smallest absolute Gasteiger partial charge is 0.212 e. The van der Waals surface area contributed by atoms with Crippen LogP contribution in [-0.2, 0) is 6.42 Å². The van der Waals surface area contributed by atoms with E-state index in [-0.39, 0.29) is 0 Å². The number of nitrogens with zero attached hydrogens (tertiary/aromatic N) is 1. The van der Waals surface area contributed by atoms with Crippen LogP contribution in [0.3, 0.4) is 0 Å². The maximum absolute atomic E-state index is 12.9. The van der Waals surface area contributed by atoms with Gasteiger partial charge in [0.15, 0.2) is 0 Å². The zero-order valence-corrected chi connectivity index (χ0v) is 16.5. The zero-order valence-electron chi connectivity index (χ0n) is 16.5. The maximum Gasteiger partial charge on any atom is 0.212 e. The summed E-state index contributed by atoms with van der Waals surface area (Å²) in [6.07, 6.45) is 12.6. The van der Waals surface area contributed by atoms with Crippen molar-refractivity contribution >= 4 is 0 Å². The Morgan fingerprint density at radius 3 is 2.44 bits per heavy atom. The SMILES string of the molecule is CCCCCOc1ccc(C2CCC(CCc3ccc(F)nc3)CC2)cc1. The first-order valence-corrected chi connectivity index (χ1v) is 10.6. The molecule has 0 radical (unpaired) electrons. The maximum atomic E-state index is 12.9. The molecule has 0 saturated heterocycles. The number of pyridine rings is 1. The Hall–Kier alpha value is -1.90. The normalized spacial score (nSPS) is 19.8. The standard InChI is InChI=1S/C24H32FNO/c1-2-3-4-17-27-23-14-12-22(13-15-23)21-10-7-19(8-11-21)5-6-20-9-16-24(25)26-18-20/h9,12-16,18-19,21H,2-8,10-11,17H2,1H3. The molecule has 27 heavy (non-hydrogen) atoms. The molecule has 1 aliphatic rings. The van der Waals surface area contributed by atoms with E-state index in [2.05, 4.69) is 36.2 Å². The van der Waals surface area contributed by atoms with Gasteiger partial charge in [0.25, 0.3) is 0 Å². The Bertz CT molecular complexity index is 660. The molecule has 0 N–H and O–H groups in total. The third kappa shape index (κ3) is 6.34. The summed E-state index contributed by atoms with van der Waals surface area (Å²) < 4.78 is 18.7. The van der Waals surface area contributed by atoms with E-state index >= 15 is 0 Å². The van der Waals surface area contributed by atoms with E-state index in [1.165, 1.54) is 56.6 Å². The van der Waals surface area contributed by atoms with Crippen LogP contribution in [0.2, 0.25) is 0 Å². The van der Waals surface area contributed by atoms with Gasteiger partial charge in [-0.3, -0.25) is 0 Å². The lowest BCUT2D eigenvalue weighted by Gasteiger charge is -2.29. The molecule has 0 bridgehead atoms. The summed E-state index contributed by atoms with van der Waals surface area (Å²) in [5, 5.41) is 0. The largest absolute Gasteiger partial charge is 0.494 e. The van der Waals surface area contributed by atoms with Crippen molar-refractivity contribution in [3.8, 4) is 5.75 Å². The summed E-state index contributed by atoms with van der Waals surface area (Å²) in [5.74, 6) is 2.07. The minimum Gasteiger partial charge on any atom is -0.494 e. The van der Waals surface area contributed by atoms with E-state index in [1.54, 1.807) is 6.20 Å². The highest BCUT2D eigenvalue weighted by Crippen LogP contribution is 2.37. The summed E-state index contributed by atoms with van der Waals surface area (Å²) in [4.78, 5) is 3.75. The highest BCUT2D eigenvalue weighted by atomic mass is 19.1. The van der Waals surface area contributed by atoms with E-state index in [9.17, 15) is 4.39 Å². The lowest BCUT2D eigenvalue weighted by Crippen LogP contribution is -2.14. The molecule has 2 nitrogen and oxygen atoms in total. The van der Waals surface area contributed by atoms with Gasteiger partial charge in [-0.1, -0.05) is 38.0 Å². The third-order valence-corrected chi connectivity index (χ3v) is 5.84. The van der Waals surface area contributed by atoms with Crippen LogP contribution in [0, 0.1) is 11.9 Å². The van der Waals surface area contributed by atoms with Gasteiger partial charge in [0.05, 0.1) is 6.61 Å². The van der Waals surface area contributed by atoms with Crippen molar-refractivity contribution < 1.29 is 9.13 Å². The zero-order chi connectivity index (χ0) is 18.9. The Morgan fingerprint density at radius 2 is 1.78 bits per heavy atom. The third-order valence-electron chi connectivity index (χ3n) is 5.84. The quantitative estimate of drug-likeness (QED) is 0.362. The second-order valence-corrected chi connectivity index (χ2v) is 7.87. The molecule has 0 amide bonds. The van der Waals surface area contributed by atoms with Crippen LogP contribution in [-0.4, -0.2) is 11.6 Å². The van der Waals surface area contributed by atoms with Crippen LogP contribution in [0.15, 0.2) is 42.6 Å². The Kier molecular flexibility index (Phi) is 7.67.